The summed E-state index contributed by atoms with van der Waals surface area (Å²) in [7, 11) is 3.35. The minimum atomic E-state index is -0.135. The molecule has 0 aromatic heterocycles. The molecule has 1 nitrogen and oxygen atoms in total. The van der Waals surface area contributed by atoms with Gasteiger partial charge in [0.1, 0.15) is 0 Å². The van der Waals surface area contributed by atoms with E-state index in [9.17, 15) is 4.79 Å². The summed E-state index contributed by atoms with van der Waals surface area (Å²) in [6, 6.07) is 1.43. The van der Waals surface area contributed by atoms with Crippen LogP contribution in [0.5, 0.6) is 0 Å². The highest BCUT2D eigenvalue weighted by Gasteiger charge is 2.19. The largest absolute Gasteiger partial charge is 0.558 e. The van der Waals surface area contributed by atoms with E-state index >= 15 is 0 Å². The molecule has 0 aliphatic carbocycles. The maximum atomic E-state index is 12.0. The average molecular weight is 331 g/mol. The third-order valence-electron chi connectivity index (χ3n) is 2.22. The van der Waals surface area contributed by atoms with Gasteiger partial charge in [-0.15, -0.1) is 0 Å². The molecule has 0 heterocycles. The number of hydrogen-bond acceptors (Lipinski definition) is 1. The number of unbranched alkanes of at least 4 members (excludes halogenated alkanes) is 1. The van der Waals surface area contributed by atoms with Crippen molar-refractivity contribution >= 4 is 61.4 Å². The monoisotopic (exact) mass is 329 g/mol. The van der Waals surface area contributed by atoms with Crippen LogP contribution >= 0.6 is 55.6 Å². The van der Waals surface area contributed by atoms with E-state index in [1.807, 2.05) is 0 Å². The fourth-order valence-corrected chi connectivity index (χ4v) is 2.62. The summed E-state index contributed by atoms with van der Waals surface area (Å²) in [5.41, 5.74) is 0.222. The van der Waals surface area contributed by atoms with Gasteiger partial charge in [0.2, 0.25) is 0 Å². The molecule has 0 saturated carbocycles. The number of carbonyl (C=O) groups excluding carboxylic acids is 1. The first-order valence-corrected chi connectivity index (χ1v) is 7.21. The van der Waals surface area contributed by atoms with Crippen molar-refractivity contribution in [2.24, 2.45) is 0 Å². The van der Waals surface area contributed by atoms with Gasteiger partial charge in [0.25, 0.3) is 0 Å². The van der Waals surface area contributed by atoms with Crippen LogP contribution in [-0.2, 0) is 0 Å². The van der Waals surface area contributed by atoms with Crippen LogP contribution in [0.15, 0.2) is 6.07 Å². The molecule has 0 bridgehead atoms. The highest BCUT2D eigenvalue weighted by molar-refractivity contribution is 7.16. The molecular weight excluding hydrogens is 321 g/mol. The van der Waals surface area contributed by atoms with Gasteiger partial charge in [-0.2, -0.15) is 6.16 Å². The van der Waals surface area contributed by atoms with Crippen LogP contribution in [0, 0.1) is 0 Å². The van der Waals surface area contributed by atoms with Crippen LogP contribution in [0.3, 0.4) is 0 Å². The van der Waals surface area contributed by atoms with Gasteiger partial charge < -0.3 is 9.24 Å². The van der Waals surface area contributed by atoms with Gasteiger partial charge in [-0.25, -0.2) is 0 Å². The molecule has 1 aromatic rings. The van der Waals surface area contributed by atoms with Crippen LogP contribution in [0.25, 0.3) is 0 Å². The van der Waals surface area contributed by atoms with Crippen molar-refractivity contribution in [3.05, 3.63) is 31.7 Å². The number of ketones is 1. The number of halogens is 4. The lowest BCUT2D eigenvalue weighted by Crippen LogP contribution is -2.02. The lowest BCUT2D eigenvalue weighted by Gasteiger charge is -2.09. The molecule has 0 fully saturated rings. The molecule has 94 valence electrons. The normalized spacial score (nSPS) is 10.6. The standard InChI is InChI=1S/C11H10Cl4OP/c12-6-5-7(13)11(15)9(10(6)14)8(16)3-1-2-4-17/h5,17H,1-4H2/q-1. The zero-order chi connectivity index (χ0) is 13.0. The van der Waals surface area contributed by atoms with Crippen molar-refractivity contribution in [2.45, 2.75) is 19.3 Å². The fourth-order valence-electron chi connectivity index (χ4n) is 1.35. The Labute approximate surface area is 123 Å². The molecule has 0 amide bonds. The number of Topliss-reactive ketones (excluding diaryl/α,β-unsaturated/α-hetero) is 1. The third-order valence-corrected chi connectivity index (χ3v) is 4.15. The SMILES string of the molecule is O=C(CCCC[PH-])c1c(Cl)c(Cl)cc(Cl)c1Cl. The predicted molar refractivity (Wildman–Crippen MR) is 77.8 cm³/mol. The summed E-state index contributed by atoms with van der Waals surface area (Å²) in [5, 5.41) is 0.822. The number of carbonyl (C=O) groups is 1. The lowest BCUT2D eigenvalue weighted by molar-refractivity contribution is 0.0980. The summed E-state index contributed by atoms with van der Waals surface area (Å²) < 4.78 is 0. The smallest absolute Gasteiger partial charge is 0.165 e. The zero-order valence-corrected chi connectivity index (χ0v) is 12.8. The summed E-state index contributed by atoms with van der Waals surface area (Å²) >= 11 is 23.7. The second kappa shape index (κ2) is 7.16. The van der Waals surface area contributed by atoms with E-state index < -0.39 is 0 Å². The van der Waals surface area contributed by atoms with Crippen molar-refractivity contribution in [1.82, 2.24) is 0 Å². The number of benzene rings is 1. The van der Waals surface area contributed by atoms with E-state index in [0.29, 0.717) is 6.42 Å². The van der Waals surface area contributed by atoms with Gasteiger partial charge >= 0.3 is 0 Å². The van der Waals surface area contributed by atoms with Gasteiger partial charge in [-0.05, 0) is 12.5 Å². The van der Waals surface area contributed by atoms with E-state index in [4.69, 9.17) is 46.4 Å². The van der Waals surface area contributed by atoms with Gasteiger partial charge in [0.05, 0.1) is 25.7 Å². The zero-order valence-electron chi connectivity index (χ0n) is 8.83. The van der Waals surface area contributed by atoms with Crippen molar-refractivity contribution in [2.75, 3.05) is 6.16 Å². The quantitative estimate of drug-likeness (QED) is 0.289. The van der Waals surface area contributed by atoms with Gasteiger partial charge in [0.15, 0.2) is 5.78 Å². The van der Waals surface area contributed by atoms with Gasteiger partial charge in [0, 0.05) is 6.42 Å². The Morgan fingerprint density at radius 3 is 2.06 bits per heavy atom. The van der Waals surface area contributed by atoms with E-state index in [1.54, 1.807) is 0 Å². The first kappa shape index (κ1) is 15.5. The molecule has 0 unspecified atom stereocenters. The maximum Gasteiger partial charge on any atom is 0.165 e. The summed E-state index contributed by atoms with van der Waals surface area (Å²) in [6.07, 6.45) is 2.90. The molecule has 0 atom stereocenters. The molecule has 1 rings (SSSR count). The molecule has 1 aromatic carbocycles. The Kier molecular flexibility index (Phi) is 6.55. The molecule has 17 heavy (non-hydrogen) atoms. The molecule has 0 aliphatic rings. The van der Waals surface area contributed by atoms with Crippen LogP contribution in [0.1, 0.15) is 29.6 Å². The molecule has 0 saturated heterocycles. The Bertz CT molecular complexity index is 408. The number of hydrogen-bond donors (Lipinski definition) is 0. The van der Waals surface area contributed by atoms with Crippen LogP contribution in [-0.4, -0.2) is 11.9 Å². The van der Waals surface area contributed by atoms with Gasteiger partial charge in [-0.3, -0.25) is 4.79 Å². The molecular formula is C11H10Cl4OP-. The first-order chi connectivity index (χ1) is 7.99. The predicted octanol–water partition coefficient (Wildman–Crippen LogP) is 5.80. The topological polar surface area (TPSA) is 17.1 Å². The minimum Gasteiger partial charge on any atom is -0.558 e. The Morgan fingerprint density at radius 2 is 1.59 bits per heavy atom. The summed E-state index contributed by atoms with van der Waals surface area (Å²) in [4.78, 5) is 12.0. The van der Waals surface area contributed by atoms with Crippen LogP contribution in [0.4, 0.5) is 0 Å². The van der Waals surface area contributed by atoms with Crippen LogP contribution in [0.2, 0.25) is 20.1 Å². The molecule has 0 spiro atoms. The van der Waals surface area contributed by atoms with Crippen molar-refractivity contribution in [3.63, 3.8) is 0 Å². The van der Waals surface area contributed by atoms with E-state index in [0.717, 1.165) is 19.0 Å². The second-order valence-corrected chi connectivity index (χ2v) is 5.54. The van der Waals surface area contributed by atoms with Crippen molar-refractivity contribution in [3.8, 4) is 0 Å². The van der Waals surface area contributed by atoms with Crippen LogP contribution < -0.4 is 0 Å². The maximum absolute atomic E-state index is 12.0. The lowest BCUT2D eigenvalue weighted by atomic mass is 10.1. The van der Waals surface area contributed by atoms with Crippen molar-refractivity contribution < 1.29 is 4.79 Å². The number of rotatable bonds is 5. The molecule has 0 radical (unpaired) electrons. The summed E-state index contributed by atoms with van der Waals surface area (Å²) in [5.74, 6) is -0.135. The fraction of sp³-hybridized carbons (Fsp3) is 0.364. The highest BCUT2D eigenvalue weighted by Crippen LogP contribution is 2.37. The van der Waals surface area contributed by atoms with E-state index in [1.165, 1.54) is 6.07 Å². The minimum absolute atomic E-state index is 0.135. The van der Waals surface area contributed by atoms with Gasteiger partial charge in [-0.1, -0.05) is 52.8 Å². The molecule has 0 aliphatic heterocycles. The molecule has 0 N–H and O–H groups in total. The Hall–Kier alpha value is 0.480. The second-order valence-electron chi connectivity index (χ2n) is 3.47. The first-order valence-electron chi connectivity index (χ1n) is 4.99. The molecule has 6 heteroatoms. The highest BCUT2D eigenvalue weighted by atomic mass is 35.5. The van der Waals surface area contributed by atoms with E-state index in [2.05, 4.69) is 9.24 Å². The third kappa shape index (κ3) is 3.98. The Balaban J connectivity index is 3.00. The Morgan fingerprint density at radius 1 is 1.06 bits per heavy atom. The van der Waals surface area contributed by atoms with E-state index in [-0.39, 0.29) is 31.4 Å². The van der Waals surface area contributed by atoms with Crippen molar-refractivity contribution in [1.29, 1.82) is 0 Å². The average Bonchev–Trinajstić information content (AvgIpc) is 2.27. The summed E-state index contributed by atoms with van der Waals surface area (Å²) in [6.45, 7) is 0.